The zero-order chi connectivity index (χ0) is 14.5. The lowest BCUT2D eigenvalue weighted by Crippen LogP contribution is -2.34. The van der Waals surface area contributed by atoms with Crippen molar-refractivity contribution in [1.29, 1.82) is 0 Å². The van der Waals surface area contributed by atoms with Crippen molar-refractivity contribution >= 4 is 5.69 Å². The Kier molecular flexibility index (Phi) is 5.47. The molecule has 0 radical (unpaired) electrons. The maximum absolute atomic E-state index is 5.93. The largest absolute Gasteiger partial charge is 0.399 e. The molecule has 2 rings (SSSR count). The van der Waals surface area contributed by atoms with Gasteiger partial charge in [0.15, 0.2) is 0 Å². The molecule has 0 bridgehead atoms. The van der Waals surface area contributed by atoms with Crippen molar-refractivity contribution in [2.45, 2.75) is 65.5 Å². The van der Waals surface area contributed by atoms with E-state index in [0.717, 1.165) is 24.2 Å². The lowest BCUT2D eigenvalue weighted by atomic mass is 10.1. The summed E-state index contributed by atoms with van der Waals surface area (Å²) < 4.78 is 0. The summed E-state index contributed by atoms with van der Waals surface area (Å²) in [4.78, 5) is 2.71. The number of hydrogen-bond donors (Lipinski definition) is 1. The Hall–Kier alpha value is -1.02. The van der Waals surface area contributed by atoms with Crippen molar-refractivity contribution in [3.8, 4) is 0 Å². The number of rotatable bonds is 6. The monoisotopic (exact) mass is 274 g/mol. The van der Waals surface area contributed by atoms with Crippen molar-refractivity contribution in [3.63, 3.8) is 0 Å². The fraction of sp³-hybridized carbons (Fsp3) is 0.667. The summed E-state index contributed by atoms with van der Waals surface area (Å²) >= 11 is 0. The predicted molar refractivity (Wildman–Crippen MR) is 87.7 cm³/mol. The van der Waals surface area contributed by atoms with Crippen LogP contribution in [0.3, 0.4) is 0 Å². The molecule has 0 saturated heterocycles. The van der Waals surface area contributed by atoms with Crippen LogP contribution in [0.5, 0.6) is 0 Å². The third kappa shape index (κ3) is 4.24. The van der Waals surface area contributed by atoms with Crippen molar-refractivity contribution in [3.05, 3.63) is 29.3 Å². The molecule has 0 aromatic heterocycles. The van der Waals surface area contributed by atoms with Gasteiger partial charge in [-0.25, -0.2) is 0 Å². The molecule has 0 aliphatic heterocycles. The quantitative estimate of drug-likeness (QED) is 0.781. The first-order chi connectivity index (χ1) is 9.56. The molecule has 1 aromatic carbocycles. The second kappa shape index (κ2) is 7.12. The molecule has 0 amide bonds. The van der Waals surface area contributed by atoms with E-state index in [1.165, 1.54) is 49.8 Å². The zero-order valence-electron chi connectivity index (χ0n) is 13.4. The summed E-state index contributed by atoms with van der Waals surface area (Å²) in [6.07, 6.45) is 6.87. The molecule has 1 fully saturated rings. The van der Waals surface area contributed by atoms with Gasteiger partial charge in [-0.05, 0) is 55.8 Å². The van der Waals surface area contributed by atoms with Gasteiger partial charge in [0, 0.05) is 18.3 Å². The van der Waals surface area contributed by atoms with E-state index in [0.29, 0.717) is 0 Å². The van der Waals surface area contributed by atoms with Crippen LogP contribution in [0.4, 0.5) is 5.69 Å². The lowest BCUT2D eigenvalue weighted by Gasteiger charge is -2.29. The predicted octanol–water partition coefficient (Wildman–Crippen LogP) is 4.37. The number of nitrogens with two attached hydrogens (primary N) is 1. The van der Waals surface area contributed by atoms with Crippen LogP contribution in [-0.4, -0.2) is 17.5 Å². The van der Waals surface area contributed by atoms with E-state index in [1.54, 1.807) is 0 Å². The topological polar surface area (TPSA) is 29.3 Å². The fourth-order valence-corrected chi connectivity index (χ4v) is 3.15. The first-order valence-corrected chi connectivity index (χ1v) is 8.15. The third-order valence-electron chi connectivity index (χ3n) is 4.55. The molecular weight excluding hydrogens is 244 g/mol. The molecule has 0 spiro atoms. The van der Waals surface area contributed by atoms with Crippen LogP contribution in [0.2, 0.25) is 0 Å². The van der Waals surface area contributed by atoms with Crippen LogP contribution in [0, 0.1) is 12.8 Å². The molecule has 0 heterocycles. The van der Waals surface area contributed by atoms with Gasteiger partial charge in [0.1, 0.15) is 0 Å². The summed E-state index contributed by atoms with van der Waals surface area (Å²) in [6.45, 7) is 9.05. The van der Waals surface area contributed by atoms with E-state index in [-0.39, 0.29) is 0 Å². The number of anilines is 1. The van der Waals surface area contributed by atoms with E-state index in [2.05, 4.69) is 43.9 Å². The standard InChI is InChI=1S/C18H30N2/c1-14(2)10-11-20(17-6-4-5-7-17)13-16-8-9-18(19)15(3)12-16/h8-9,12,14,17H,4-7,10-11,13,19H2,1-3H3. The summed E-state index contributed by atoms with van der Waals surface area (Å²) in [5, 5.41) is 0. The molecule has 2 heteroatoms. The highest BCUT2D eigenvalue weighted by Crippen LogP contribution is 2.26. The number of hydrogen-bond acceptors (Lipinski definition) is 2. The Balaban J connectivity index is 2.03. The zero-order valence-corrected chi connectivity index (χ0v) is 13.4. The molecular formula is C18H30N2. The second-order valence-electron chi connectivity index (χ2n) is 6.78. The van der Waals surface area contributed by atoms with Crippen molar-refractivity contribution in [2.24, 2.45) is 5.92 Å². The number of nitrogens with zero attached hydrogens (tertiary/aromatic N) is 1. The maximum Gasteiger partial charge on any atom is 0.0343 e. The smallest absolute Gasteiger partial charge is 0.0343 e. The Morgan fingerprint density at radius 1 is 1.25 bits per heavy atom. The minimum atomic E-state index is 0.784. The van der Waals surface area contributed by atoms with Crippen LogP contribution in [0.25, 0.3) is 0 Å². The molecule has 1 aliphatic carbocycles. The van der Waals surface area contributed by atoms with E-state index in [4.69, 9.17) is 5.73 Å². The molecule has 2 nitrogen and oxygen atoms in total. The fourth-order valence-electron chi connectivity index (χ4n) is 3.15. The SMILES string of the molecule is Cc1cc(CN(CCC(C)C)C2CCCC2)ccc1N. The van der Waals surface area contributed by atoms with Crippen LogP contribution in [0.15, 0.2) is 18.2 Å². The molecule has 20 heavy (non-hydrogen) atoms. The Morgan fingerprint density at radius 3 is 2.55 bits per heavy atom. The van der Waals surface area contributed by atoms with Crippen LogP contribution in [0.1, 0.15) is 57.1 Å². The minimum Gasteiger partial charge on any atom is -0.399 e. The molecule has 0 unspecified atom stereocenters. The van der Waals surface area contributed by atoms with Gasteiger partial charge in [-0.15, -0.1) is 0 Å². The highest BCUT2D eigenvalue weighted by molar-refractivity contribution is 5.47. The minimum absolute atomic E-state index is 0.784. The van der Waals surface area contributed by atoms with E-state index >= 15 is 0 Å². The molecule has 112 valence electrons. The summed E-state index contributed by atoms with van der Waals surface area (Å²) in [7, 11) is 0. The normalized spacial score (nSPS) is 16.4. The summed E-state index contributed by atoms with van der Waals surface area (Å²) in [5.41, 5.74) is 9.45. The number of aryl methyl sites for hydroxylation is 1. The van der Waals surface area contributed by atoms with E-state index in [1.807, 2.05) is 0 Å². The Morgan fingerprint density at radius 2 is 1.95 bits per heavy atom. The lowest BCUT2D eigenvalue weighted by molar-refractivity contribution is 0.179. The van der Waals surface area contributed by atoms with Crippen molar-refractivity contribution in [1.82, 2.24) is 4.90 Å². The van der Waals surface area contributed by atoms with Gasteiger partial charge in [0.2, 0.25) is 0 Å². The Labute approximate surface area is 124 Å². The highest BCUT2D eigenvalue weighted by atomic mass is 15.2. The van der Waals surface area contributed by atoms with Gasteiger partial charge < -0.3 is 5.73 Å². The molecule has 2 N–H and O–H groups in total. The summed E-state index contributed by atoms with van der Waals surface area (Å²) in [5.74, 6) is 0.784. The Bertz CT molecular complexity index is 419. The van der Waals surface area contributed by atoms with Gasteiger partial charge in [0.05, 0.1) is 0 Å². The first kappa shape index (κ1) is 15.4. The molecule has 1 aromatic rings. The van der Waals surface area contributed by atoms with Gasteiger partial charge in [-0.1, -0.05) is 38.8 Å². The average Bonchev–Trinajstić information content (AvgIpc) is 2.92. The van der Waals surface area contributed by atoms with Crippen LogP contribution >= 0.6 is 0 Å². The highest BCUT2D eigenvalue weighted by Gasteiger charge is 2.22. The van der Waals surface area contributed by atoms with Gasteiger partial charge in [-0.3, -0.25) is 4.90 Å². The van der Waals surface area contributed by atoms with Crippen LogP contribution in [-0.2, 0) is 6.54 Å². The van der Waals surface area contributed by atoms with Crippen molar-refractivity contribution in [2.75, 3.05) is 12.3 Å². The van der Waals surface area contributed by atoms with Crippen LogP contribution < -0.4 is 5.73 Å². The first-order valence-electron chi connectivity index (χ1n) is 8.15. The van der Waals surface area contributed by atoms with Gasteiger partial charge >= 0.3 is 0 Å². The number of benzene rings is 1. The molecule has 1 aliphatic rings. The third-order valence-corrected chi connectivity index (χ3v) is 4.55. The van der Waals surface area contributed by atoms with Crippen molar-refractivity contribution < 1.29 is 0 Å². The average molecular weight is 274 g/mol. The van der Waals surface area contributed by atoms with E-state index < -0.39 is 0 Å². The van der Waals surface area contributed by atoms with Gasteiger partial charge in [0.25, 0.3) is 0 Å². The number of nitrogen functional groups attached to an aromatic ring is 1. The molecule has 1 saturated carbocycles. The van der Waals surface area contributed by atoms with E-state index in [9.17, 15) is 0 Å². The molecule has 0 atom stereocenters. The maximum atomic E-state index is 5.93. The summed E-state index contributed by atoms with van der Waals surface area (Å²) in [6, 6.07) is 7.30. The van der Waals surface area contributed by atoms with Gasteiger partial charge in [-0.2, -0.15) is 0 Å². The second-order valence-corrected chi connectivity index (χ2v) is 6.78.